The van der Waals surface area contributed by atoms with Gasteiger partial charge in [0.15, 0.2) is 0 Å². The van der Waals surface area contributed by atoms with Crippen LogP contribution < -0.4 is 4.72 Å². The van der Waals surface area contributed by atoms with Gasteiger partial charge in [-0.2, -0.15) is 0 Å². The summed E-state index contributed by atoms with van der Waals surface area (Å²) >= 11 is 1.84. The predicted molar refractivity (Wildman–Crippen MR) is 159 cm³/mol. The third-order valence-corrected chi connectivity index (χ3v) is 6.91. The van der Waals surface area contributed by atoms with Crippen LogP contribution in [0.3, 0.4) is 0 Å². The summed E-state index contributed by atoms with van der Waals surface area (Å²) in [5.41, 5.74) is 1.05. The van der Waals surface area contributed by atoms with Crippen molar-refractivity contribution in [2.75, 3.05) is 12.9 Å². The molecule has 4 nitrogen and oxygen atoms in total. The summed E-state index contributed by atoms with van der Waals surface area (Å²) < 4.78 is 14.4. The first-order chi connectivity index (χ1) is 17.3. The van der Waals surface area contributed by atoms with Crippen molar-refractivity contribution >= 4 is 17.9 Å². The number of carbonyl (C=O) groups is 1. The van der Waals surface area contributed by atoms with E-state index in [1.165, 1.54) is 76.3 Å². The molecule has 0 aromatic heterocycles. The van der Waals surface area contributed by atoms with Gasteiger partial charge in [0.2, 0.25) is 0 Å². The summed E-state index contributed by atoms with van der Waals surface area (Å²) in [7, 11) is 1.77. The van der Waals surface area contributed by atoms with E-state index < -0.39 is 0 Å². The van der Waals surface area contributed by atoms with Crippen molar-refractivity contribution in [3.05, 3.63) is 23.6 Å². The number of esters is 1. The Morgan fingerprint density at radius 1 is 0.722 bits per heavy atom. The van der Waals surface area contributed by atoms with Crippen molar-refractivity contribution in [3.8, 4) is 0 Å². The lowest BCUT2D eigenvalue weighted by molar-refractivity contribution is -0.154. The van der Waals surface area contributed by atoms with Crippen molar-refractivity contribution < 1.29 is 14.3 Å². The zero-order chi connectivity index (χ0) is 26.9. The molecule has 0 aliphatic heterocycles. The Hall–Kier alpha value is -1.10. The number of methoxy groups -OCH3 is 1. The minimum atomic E-state index is -0.358. The third-order valence-electron chi connectivity index (χ3n) is 6.01. The third kappa shape index (κ3) is 24.6. The molecular weight excluding hydrogens is 466 g/mol. The van der Waals surface area contributed by atoms with E-state index in [9.17, 15) is 4.79 Å². The van der Waals surface area contributed by atoms with Crippen LogP contribution in [0.15, 0.2) is 23.6 Å². The Bertz CT molecular complexity index is 581. The molecule has 5 heteroatoms. The molecule has 212 valence electrons. The highest BCUT2D eigenvalue weighted by atomic mass is 32.2. The van der Waals surface area contributed by atoms with Crippen molar-refractivity contribution in [1.29, 1.82) is 0 Å². The molecule has 0 amide bonds. The predicted octanol–water partition coefficient (Wildman–Crippen LogP) is 10.0. The first kappa shape index (κ1) is 34.9. The fourth-order valence-corrected chi connectivity index (χ4v) is 4.93. The Morgan fingerprint density at radius 3 is 1.69 bits per heavy atom. The van der Waals surface area contributed by atoms with Crippen LogP contribution >= 0.6 is 11.9 Å². The molecule has 0 saturated heterocycles. The van der Waals surface area contributed by atoms with Crippen molar-refractivity contribution in [2.45, 2.75) is 156 Å². The number of hydrogen-bond acceptors (Lipinski definition) is 5. The molecule has 0 saturated carbocycles. The number of rotatable bonds is 24. The Kier molecular flexibility index (Phi) is 23.5. The molecule has 0 bridgehead atoms. The van der Waals surface area contributed by atoms with E-state index in [1.807, 2.05) is 32.7 Å². The average Bonchev–Trinajstić information content (AvgIpc) is 2.82. The molecule has 0 fully saturated rings. The minimum absolute atomic E-state index is 0.0531. The number of carbonyl (C=O) groups excluding carboxylic acids is 1. The lowest BCUT2D eigenvalue weighted by Gasteiger charge is -2.19. The first-order valence-corrected chi connectivity index (χ1v) is 15.8. The largest absolute Gasteiger partial charge is 0.501 e. The van der Waals surface area contributed by atoms with Crippen LogP contribution in [-0.2, 0) is 14.3 Å². The Morgan fingerprint density at radius 2 is 1.22 bits per heavy atom. The maximum atomic E-state index is 11.7. The maximum absolute atomic E-state index is 11.7. The molecule has 1 N–H and O–H groups in total. The van der Waals surface area contributed by atoms with Gasteiger partial charge in [0.25, 0.3) is 0 Å². The minimum Gasteiger partial charge on any atom is -0.501 e. The highest BCUT2D eigenvalue weighted by Crippen LogP contribution is 2.17. The highest BCUT2D eigenvalue weighted by molar-refractivity contribution is 7.97. The van der Waals surface area contributed by atoms with Crippen LogP contribution in [0.25, 0.3) is 0 Å². The second kappa shape index (κ2) is 24.2. The van der Waals surface area contributed by atoms with Gasteiger partial charge in [0.05, 0.1) is 12.9 Å². The van der Waals surface area contributed by atoms with E-state index >= 15 is 0 Å². The van der Waals surface area contributed by atoms with Crippen LogP contribution in [0.5, 0.6) is 0 Å². The van der Waals surface area contributed by atoms with E-state index in [1.54, 1.807) is 7.11 Å². The number of ether oxygens (including phenoxy) is 2. The summed E-state index contributed by atoms with van der Waals surface area (Å²) in [6.07, 6.45) is 26.0. The number of nitrogens with one attached hydrogen (secondary N) is 1. The van der Waals surface area contributed by atoms with Crippen molar-refractivity contribution in [3.63, 3.8) is 0 Å². The van der Waals surface area contributed by atoms with Crippen LogP contribution in [0, 0.1) is 0 Å². The fraction of sp³-hybridized carbons (Fsp3) is 0.839. The zero-order valence-corrected chi connectivity index (χ0v) is 25.5. The van der Waals surface area contributed by atoms with Gasteiger partial charge in [0, 0.05) is 24.3 Å². The molecule has 0 atom stereocenters. The lowest BCUT2D eigenvalue weighted by Crippen LogP contribution is -2.23. The lowest BCUT2D eigenvalue weighted by atomic mass is 10.0. The van der Waals surface area contributed by atoms with E-state index in [-0.39, 0.29) is 11.6 Å². The molecule has 0 aromatic rings. The van der Waals surface area contributed by atoms with Gasteiger partial charge in [-0.3, -0.25) is 4.79 Å². The average molecular weight is 526 g/mol. The quantitative estimate of drug-likeness (QED) is 0.0588. The SMILES string of the molecule is CC/C=C(\CCCCCCCCCCCCCCC(=O)OC(C)(C)C)NSCCC/C(=C\CC)OC. The molecule has 36 heavy (non-hydrogen) atoms. The van der Waals surface area contributed by atoms with Gasteiger partial charge >= 0.3 is 5.97 Å². The monoisotopic (exact) mass is 525 g/mol. The van der Waals surface area contributed by atoms with Crippen LogP contribution in [-0.4, -0.2) is 24.4 Å². The smallest absolute Gasteiger partial charge is 0.306 e. The molecular formula is C31H59NO3S. The molecule has 0 radical (unpaired) electrons. The molecule has 0 unspecified atom stereocenters. The van der Waals surface area contributed by atoms with Crippen molar-refractivity contribution in [1.82, 2.24) is 4.72 Å². The Labute approximate surface area is 229 Å². The van der Waals surface area contributed by atoms with Gasteiger partial charge < -0.3 is 14.2 Å². The van der Waals surface area contributed by atoms with E-state index in [4.69, 9.17) is 9.47 Å². The van der Waals surface area contributed by atoms with Gasteiger partial charge in [-0.15, -0.1) is 0 Å². The standard InChI is InChI=1S/C31H59NO3S/c1-7-22-28(32-36-27-21-25-29(34-6)23-8-2)24-19-17-15-13-11-9-10-12-14-16-18-20-26-30(33)35-31(3,4)5/h22-23,32H,7-21,24-27H2,1-6H3/b28-22+,29-23+. The number of hydrogen-bond donors (Lipinski definition) is 1. The second-order valence-corrected chi connectivity index (χ2v) is 11.7. The molecule has 0 aliphatic carbocycles. The molecule has 0 spiro atoms. The van der Waals surface area contributed by atoms with Gasteiger partial charge in [-0.05, 0) is 65.4 Å². The maximum Gasteiger partial charge on any atom is 0.306 e. The van der Waals surface area contributed by atoms with Crippen LogP contribution in [0.1, 0.15) is 150 Å². The van der Waals surface area contributed by atoms with E-state index in [2.05, 4.69) is 30.7 Å². The van der Waals surface area contributed by atoms with Gasteiger partial charge in [-0.1, -0.05) is 96.1 Å². The molecule has 0 heterocycles. The molecule has 0 aromatic carbocycles. The number of unbranched alkanes of at least 4 members (excludes halogenated alkanes) is 11. The molecule has 0 rings (SSSR count). The normalized spacial score (nSPS) is 12.6. The van der Waals surface area contributed by atoms with Crippen LogP contribution in [0.2, 0.25) is 0 Å². The summed E-state index contributed by atoms with van der Waals surface area (Å²) in [6, 6.07) is 0. The summed E-state index contributed by atoms with van der Waals surface area (Å²) in [5, 5.41) is 0. The van der Waals surface area contributed by atoms with Crippen molar-refractivity contribution in [2.24, 2.45) is 0 Å². The van der Waals surface area contributed by atoms with Gasteiger partial charge in [-0.25, -0.2) is 0 Å². The topological polar surface area (TPSA) is 47.6 Å². The Balaban J connectivity index is 3.56. The summed E-state index contributed by atoms with van der Waals surface area (Å²) in [4.78, 5) is 11.7. The van der Waals surface area contributed by atoms with E-state index in [0.717, 1.165) is 50.0 Å². The second-order valence-electron chi connectivity index (χ2n) is 10.8. The fourth-order valence-electron chi connectivity index (χ4n) is 4.16. The first-order valence-electron chi connectivity index (χ1n) is 14.8. The number of allylic oxidation sites excluding steroid dienone is 4. The summed E-state index contributed by atoms with van der Waals surface area (Å²) in [6.45, 7) is 10.2. The molecule has 0 aliphatic rings. The van der Waals surface area contributed by atoms with Gasteiger partial charge in [0.1, 0.15) is 5.60 Å². The van der Waals surface area contributed by atoms with E-state index in [0.29, 0.717) is 6.42 Å². The zero-order valence-electron chi connectivity index (χ0n) is 24.7. The summed E-state index contributed by atoms with van der Waals surface area (Å²) in [5.74, 6) is 2.18. The van der Waals surface area contributed by atoms with Crippen LogP contribution in [0.4, 0.5) is 0 Å². The highest BCUT2D eigenvalue weighted by Gasteiger charge is 2.15.